The van der Waals surface area contributed by atoms with Crippen molar-refractivity contribution in [2.24, 2.45) is 0 Å². The van der Waals surface area contributed by atoms with Gasteiger partial charge in [0.15, 0.2) is 0 Å². The van der Waals surface area contributed by atoms with Crippen LogP contribution in [0.2, 0.25) is 0 Å². The second-order valence-electron chi connectivity index (χ2n) is 3.02. The van der Waals surface area contributed by atoms with Crippen molar-refractivity contribution in [3.8, 4) is 0 Å². The van der Waals surface area contributed by atoms with E-state index in [0.29, 0.717) is 5.56 Å². The molecule has 12 heavy (non-hydrogen) atoms. The smallest absolute Gasteiger partial charge is 0.201 e. The van der Waals surface area contributed by atoms with E-state index in [1.165, 1.54) is 6.07 Å². The first kappa shape index (κ1) is 9.17. The quantitative estimate of drug-likeness (QED) is 0.605. The molecule has 0 spiro atoms. The molecule has 1 radical (unpaired) electrons. The number of aryl methyl sites for hydroxylation is 2. The summed E-state index contributed by atoms with van der Waals surface area (Å²) in [7, 11) is 0. The van der Waals surface area contributed by atoms with Crippen LogP contribution in [-0.4, -0.2) is 0 Å². The molecule has 0 fully saturated rings. The van der Waals surface area contributed by atoms with Crippen molar-refractivity contribution in [3.05, 3.63) is 41.8 Å². The molecule has 1 aromatic carbocycles. The lowest BCUT2D eigenvalue weighted by molar-refractivity contribution is 0.0480. The average molecular weight is 169 g/mol. The fourth-order valence-electron chi connectivity index (χ4n) is 1.22. The molecule has 0 aromatic heterocycles. The van der Waals surface area contributed by atoms with Crippen LogP contribution in [0.15, 0.2) is 18.2 Å². The molecule has 0 N–H and O–H groups in total. The Morgan fingerprint density at radius 2 is 1.83 bits per heavy atom. The fourth-order valence-corrected chi connectivity index (χ4v) is 1.22. The van der Waals surface area contributed by atoms with E-state index in [2.05, 4.69) is 6.92 Å². The Morgan fingerprint density at radius 1 is 1.25 bits per heavy atom. The highest BCUT2D eigenvalue weighted by Crippen LogP contribution is 2.29. The average Bonchev–Trinajstić information content (AvgIpc) is 1.83. The van der Waals surface area contributed by atoms with E-state index in [4.69, 9.17) is 0 Å². The maximum absolute atomic E-state index is 12.7. The second-order valence-corrected chi connectivity index (χ2v) is 3.02. The minimum absolute atomic E-state index is 0.00750. The summed E-state index contributed by atoms with van der Waals surface area (Å²) in [6.45, 7) is 6.34. The van der Waals surface area contributed by atoms with E-state index in [1.807, 2.05) is 6.92 Å². The summed E-state index contributed by atoms with van der Waals surface area (Å²) >= 11 is 0. The molecule has 0 amide bonds. The standard InChI is InChI=1S/C10H11F2/c1-7-4-5-9(8(2)6-7)10(3,11)12/h4-6H,3H2,1-2H3. The van der Waals surface area contributed by atoms with Crippen LogP contribution in [0.3, 0.4) is 0 Å². The van der Waals surface area contributed by atoms with Gasteiger partial charge in [-0.2, -0.15) is 0 Å². The first-order valence-corrected chi connectivity index (χ1v) is 3.72. The van der Waals surface area contributed by atoms with Crippen molar-refractivity contribution in [2.45, 2.75) is 19.8 Å². The molecule has 65 valence electrons. The third-order valence-corrected chi connectivity index (χ3v) is 1.78. The Morgan fingerprint density at radius 3 is 2.25 bits per heavy atom. The molecule has 0 aliphatic heterocycles. The van der Waals surface area contributed by atoms with Gasteiger partial charge in [0.05, 0.1) is 0 Å². The summed E-state index contributed by atoms with van der Waals surface area (Å²) in [5.41, 5.74) is 1.59. The van der Waals surface area contributed by atoms with Crippen molar-refractivity contribution in [3.63, 3.8) is 0 Å². The number of benzene rings is 1. The lowest BCUT2D eigenvalue weighted by atomic mass is 10.0. The summed E-state index contributed by atoms with van der Waals surface area (Å²) in [4.78, 5) is 0. The molecule has 0 atom stereocenters. The Kier molecular flexibility index (Phi) is 2.18. The van der Waals surface area contributed by atoms with Crippen molar-refractivity contribution in [1.29, 1.82) is 0 Å². The number of alkyl halides is 2. The molecular weight excluding hydrogens is 158 g/mol. The maximum Gasteiger partial charge on any atom is 0.273 e. The van der Waals surface area contributed by atoms with Gasteiger partial charge in [0.25, 0.3) is 5.92 Å². The normalized spacial score (nSPS) is 11.8. The van der Waals surface area contributed by atoms with E-state index in [-0.39, 0.29) is 5.56 Å². The summed E-state index contributed by atoms with van der Waals surface area (Å²) in [6.07, 6.45) is 0. The van der Waals surface area contributed by atoms with Crippen LogP contribution in [0.5, 0.6) is 0 Å². The van der Waals surface area contributed by atoms with Gasteiger partial charge >= 0.3 is 0 Å². The van der Waals surface area contributed by atoms with Gasteiger partial charge in [-0.05, 0) is 19.4 Å². The van der Waals surface area contributed by atoms with Gasteiger partial charge in [-0.15, -0.1) is 0 Å². The monoisotopic (exact) mass is 169 g/mol. The predicted molar refractivity (Wildman–Crippen MR) is 45.2 cm³/mol. The maximum atomic E-state index is 12.7. The molecule has 0 saturated heterocycles. The molecule has 1 aromatic rings. The van der Waals surface area contributed by atoms with Crippen LogP contribution in [0.25, 0.3) is 0 Å². The molecule has 0 bridgehead atoms. The van der Waals surface area contributed by atoms with Crippen molar-refractivity contribution in [2.75, 3.05) is 0 Å². The summed E-state index contributed by atoms with van der Waals surface area (Å²) < 4.78 is 25.5. The zero-order chi connectivity index (χ0) is 9.35. The number of halogens is 2. The topological polar surface area (TPSA) is 0 Å². The van der Waals surface area contributed by atoms with Crippen molar-refractivity contribution >= 4 is 0 Å². The van der Waals surface area contributed by atoms with Gasteiger partial charge in [-0.1, -0.05) is 23.8 Å². The second kappa shape index (κ2) is 2.85. The van der Waals surface area contributed by atoms with Gasteiger partial charge in [0, 0.05) is 12.5 Å². The van der Waals surface area contributed by atoms with Crippen LogP contribution in [0, 0.1) is 20.8 Å². The van der Waals surface area contributed by atoms with E-state index < -0.39 is 5.92 Å². The first-order valence-electron chi connectivity index (χ1n) is 3.72. The van der Waals surface area contributed by atoms with Crippen LogP contribution < -0.4 is 0 Å². The van der Waals surface area contributed by atoms with E-state index >= 15 is 0 Å². The van der Waals surface area contributed by atoms with Gasteiger partial charge in [-0.25, -0.2) is 8.78 Å². The van der Waals surface area contributed by atoms with Crippen molar-refractivity contribution < 1.29 is 8.78 Å². The molecule has 2 heteroatoms. The highest BCUT2D eigenvalue weighted by Gasteiger charge is 2.25. The van der Waals surface area contributed by atoms with Gasteiger partial charge in [-0.3, -0.25) is 0 Å². The van der Waals surface area contributed by atoms with Crippen LogP contribution >= 0.6 is 0 Å². The van der Waals surface area contributed by atoms with Crippen molar-refractivity contribution in [1.82, 2.24) is 0 Å². The molecule has 0 aliphatic rings. The van der Waals surface area contributed by atoms with E-state index in [1.54, 1.807) is 19.1 Å². The minimum atomic E-state index is -2.97. The fraction of sp³-hybridized carbons (Fsp3) is 0.300. The highest BCUT2D eigenvalue weighted by molar-refractivity contribution is 5.33. The van der Waals surface area contributed by atoms with Crippen LogP contribution in [-0.2, 0) is 5.92 Å². The SMILES string of the molecule is [CH2]C(F)(F)c1ccc(C)cc1C. The van der Waals surface area contributed by atoms with E-state index in [0.717, 1.165) is 5.56 Å². The zero-order valence-corrected chi connectivity index (χ0v) is 7.20. The molecular formula is C10H11F2. The van der Waals surface area contributed by atoms with E-state index in [9.17, 15) is 8.78 Å². The largest absolute Gasteiger partial charge is 0.273 e. The lowest BCUT2D eigenvalue weighted by Gasteiger charge is -2.13. The third-order valence-electron chi connectivity index (χ3n) is 1.78. The van der Waals surface area contributed by atoms with Gasteiger partial charge < -0.3 is 0 Å². The molecule has 0 saturated carbocycles. The molecule has 0 unspecified atom stereocenters. The lowest BCUT2D eigenvalue weighted by Crippen LogP contribution is -2.09. The molecule has 0 heterocycles. The summed E-state index contributed by atoms with van der Waals surface area (Å²) in [6, 6.07) is 4.83. The molecule has 0 aliphatic carbocycles. The Balaban J connectivity index is 3.19. The number of hydrogen-bond acceptors (Lipinski definition) is 0. The Labute approximate surface area is 71.2 Å². The number of rotatable bonds is 1. The van der Waals surface area contributed by atoms with Crippen LogP contribution in [0.1, 0.15) is 16.7 Å². The summed E-state index contributed by atoms with van der Waals surface area (Å²) in [5.74, 6) is -2.97. The first-order chi connectivity index (χ1) is 5.41. The molecule has 0 nitrogen and oxygen atoms in total. The zero-order valence-electron chi connectivity index (χ0n) is 7.20. The molecule has 1 rings (SSSR count). The number of hydrogen-bond donors (Lipinski definition) is 0. The highest BCUT2D eigenvalue weighted by atomic mass is 19.3. The van der Waals surface area contributed by atoms with Crippen LogP contribution in [0.4, 0.5) is 8.78 Å². The Bertz CT molecular complexity index is 284. The summed E-state index contributed by atoms with van der Waals surface area (Å²) in [5, 5.41) is 0. The Hall–Kier alpha value is -0.920. The predicted octanol–water partition coefficient (Wildman–Crippen LogP) is 3.23. The van der Waals surface area contributed by atoms with Gasteiger partial charge in [0.2, 0.25) is 0 Å². The van der Waals surface area contributed by atoms with Gasteiger partial charge in [0.1, 0.15) is 0 Å². The minimum Gasteiger partial charge on any atom is -0.201 e. The third kappa shape index (κ3) is 1.81.